The molecule has 3 aliphatic rings. The predicted octanol–water partition coefficient (Wildman–Crippen LogP) is 4.02. The van der Waals surface area contributed by atoms with Crippen LogP contribution in [0.5, 0.6) is 0 Å². The molecule has 9 heteroatoms. The molecular weight excluding hydrogens is 520 g/mol. The summed E-state index contributed by atoms with van der Waals surface area (Å²) < 4.78 is 13.4. The number of morpholine rings is 2. The number of anilines is 1. The van der Waals surface area contributed by atoms with E-state index in [9.17, 15) is 0 Å². The molecule has 1 aromatic carbocycles. The van der Waals surface area contributed by atoms with Gasteiger partial charge in [-0.15, -0.1) is 0 Å². The second-order valence-electron chi connectivity index (χ2n) is 10.9. The third-order valence-corrected chi connectivity index (χ3v) is 8.80. The number of hydrogen-bond donors (Lipinski definition) is 1. The largest absolute Gasteiger partial charge is 0.379 e. The summed E-state index contributed by atoms with van der Waals surface area (Å²) in [6, 6.07) is 17.5. The Hall–Kier alpha value is -2.98. The van der Waals surface area contributed by atoms with Gasteiger partial charge in [-0.3, -0.25) is 9.88 Å². The number of pyridine rings is 1. The third kappa shape index (κ3) is 5.61. The molecule has 0 aliphatic carbocycles. The summed E-state index contributed by atoms with van der Waals surface area (Å²) in [6.07, 6.45) is 2.92. The molecule has 0 saturated carbocycles. The molecule has 5 heterocycles. The highest BCUT2D eigenvalue weighted by atomic mass is 32.1. The molecule has 6 rings (SSSR count). The van der Waals surface area contributed by atoms with Crippen LogP contribution in [-0.2, 0) is 9.47 Å². The lowest BCUT2D eigenvalue weighted by atomic mass is 9.96. The molecule has 0 radical (unpaired) electrons. The third-order valence-electron chi connectivity index (χ3n) is 8.45. The van der Waals surface area contributed by atoms with Crippen molar-refractivity contribution in [3.8, 4) is 5.69 Å². The van der Waals surface area contributed by atoms with Crippen molar-refractivity contribution in [1.29, 1.82) is 0 Å². The molecule has 0 amide bonds. The predicted molar refractivity (Wildman–Crippen MR) is 162 cm³/mol. The standard InChI is InChI=1S/C31H40N6O2S/c1-23-22-27(24(2)37(23)26-9-7-25(8-10-26)35-16-20-39-21-17-35)30-29(28-6-3-4-11-32-28)33-31(40)36(30)13-5-12-34-14-18-38-19-15-34/h3-4,6-11,22,29-30H,5,12-21H2,1-2H3,(H,33,40)/t29-,30+/m0/s1. The SMILES string of the molecule is Cc1cc([C@@H]2[C@H](c3ccccn3)NC(=S)N2CCCN2CCOCC2)c(C)n1-c1ccc(N2CCOCC2)cc1. The first kappa shape index (κ1) is 27.2. The van der Waals surface area contributed by atoms with Gasteiger partial charge in [0.25, 0.3) is 0 Å². The van der Waals surface area contributed by atoms with Crippen LogP contribution in [0.4, 0.5) is 5.69 Å². The average Bonchev–Trinajstić information content (AvgIpc) is 3.48. The van der Waals surface area contributed by atoms with Crippen LogP contribution in [0, 0.1) is 13.8 Å². The van der Waals surface area contributed by atoms with Crippen LogP contribution in [0.3, 0.4) is 0 Å². The van der Waals surface area contributed by atoms with E-state index in [0.717, 1.165) is 82.9 Å². The maximum atomic E-state index is 5.95. The van der Waals surface area contributed by atoms with Gasteiger partial charge >= 0.3 is 0 Å². The van der Waals surface area contributed by atoms with Crippen molar-refractivity contribution in [3.05, 3.63) is 77.4 Å². The minimum atomic E-state index is -0.00488. The van der Waals surface area contributed by atoms with Crippen LogP contribution in [-0.4, -0.2) is 90.2 Å². The Kier molecular flexibility index (Phi) is 8.34. The van der Waals surface area contributed by atoms with Crippen molar-refractivity contribution in [1.82, 2.24) is 24.7 Å². The van der Waals surface area contributed by atoms with Gasteiger partial charge in [0, 0.05) is 68.2 Å². The number of aromatic nitrogens is 2. The number of rotatable bonds is 8. The lowest BCUT2D eigenvalue weighted by Gasteiger charge is -2.30. The number of ether oxygens (including phenoxy) is 2. The highest BCUT2D eigenvalue weighted by Crippen LogP contribution is 2.41. The molecule has 8 nitrogen and oxygen atoms in total. The Balaban J connectivity index is 1.28. The van der Waals surface area contributed by atoms with Crippen molar-refractivity contribution in [2.24, 2.45) is 0 Å². The minimum absolute atomic E-state index is 0.00488. The monoisotopic (exact) mass is 560 g/mol. The lowest BCUT2D eigenvalue weighted by molar-refractivity contribution is 0.0365. The topological polar surface area (TPSA) is 58.0 Å². The van der Waals surface area contributed by atoms with E-state index in [1.807, 2.05) is 12.3 Å². The highest BCUT2D eigenvalue weighted by Gasteiger charge is 2.41. The molecule has 3 fully saturated rings. The van der Waals surface area contributed by atoms with Gasteiger partial charge in [-0.05, 0) is 80.5 Å². The number of nitrogens with one attached hydrogen (secondary N) is 1. The minimum Gasteiger partial charge on any atom is -0.379 e. The smallest absolute Gasteiger partial charge is 0.170 e. The fourth-order valence-electron chi connectivity index (χ4n) is 6.39. The van der Waals surface area contributed by atoms with Crippen molar-refractivity contribution < 1.29 is 9.47 Å². The number of nitrogens with zero attached hydrogens (tertiary/aromatic N) is 5. The van der Waals surface area contributed by atoms with Gasteiger partial charge in [-0.1, -0.05) is 6.07 Å². The summed E-state index contributed by atoms with van der Waals surface area (Å²) in [5, 5.41) is 4.44. The normalized spacial score (nSPS) is 22.1. The van der Waals surface area contributed by atoms with Crippen LogP contribution in [0.15, 0.2) is 54.7 Å². The van der Waals surface area contributed by atoms with Crippen LogP contribution >= 0.6 is 12.2 Å². The van der Waals surface area contributed by atoms with Crippen molar-refractivity contribution in [2.45, 2.75) is 32.4 Å². The highest BCUT2D eigenvalue weighted by molar-refractivity contribution is 7.80. The zero-order chi connectivity index (χ0) is 27.5. The molecule has 3 aliphatic heterocycles. The molecule has 2 atom stereocenters. The maximum Gasteiger partial charge on any atom is 0.170 e. The van der Waals surface area contributed by atoms with Gasteiger partial charge in [0.05, 0.1) is 44.2 Å². The molecule has 1 N–H and O–H groups in total. The van der Waals surface area contributed by atoms with Gasteiger partial charge in [0.2, 0.25) is 0 Å². The van der Waals surface area contributed by atoms with Gasteiger partial charge in [0.15, 0.2) is 5.11 Å². The molecular formula is C31H40N6O2S. The van der Waals surface area contributed by atoms with Crippen LogP contribution in [0.2, 0.25) is 0 Å². The molecule has 3 aromatic rings. The molecule has 2 aromatic heterocycles. The summed E-state index contributed by atoms with van der Waals surface area (Å²) in [5.41, 5.74) is 7.21. The number of thiocarbonyl (C=S) groups is 1. The molecule has 0 spiro atoms. The van der Waals surface area contributed by atoms with E-state index in [2.05, 4.69) is 80.9 Å². The first-order valence-electron chi connectivity index (χ1n) is 14.5. The summed E-state index contributed by atoms with van der Waals surface area (Å²) in [6.45, 7) is 13.5. The summed E-state index contributed by atoms with van der Waals surface area (Å²) in [7, 11) is 0. The second-order valence-corrected chi connectivity index (χ2v) is 11.3. The summed E-state index contributed by atoms with van der Waals surface area (Å²) >= 11 is 5.95. The number of benzene rings is 1. The first-order chi connectivity index (χ1) is 19.6. The second kappa shape index (κ2) is 12.3. The fraction of sp³-hybridized carbons (Fsp3) is 0.484. The van der Waals surface area contributed by atoms with Crippen molar-refractivity contribution in [3.63, 3.8) is 0 Å². The zero-order valence-electron chi connectivity index (χ0n) is 23.6. The molecule has 0 unspecified atom stereocenters. The molecule has 40 heavy (non-hydrogen) atoms. The van der Waals surface area contributed by atoms with Crippen molar-refractivity contribution >= 4 is 23.0 Å². The Labute approximate surface area is 242 Å². The van der Waals surface area contributed by atoms with E-state index in [-0.39, 0.29) is 12.1 Å². The van der Waals surface area contributed by atoms with Crippen LogP contribution in [0.25, 0.3) is 5.69 Å². The van der Waals surface area contributed by atoms with Gasteiger partial charge in [-0.2, -0.15) is 0 Å². The van der Waals surface area contributed by atoms with Crippen LogP contribution < -0.4 is 10.2 Å². The summed E-state index contributed by atoms with van der Waals surface area (Å²) in [5.74, 6) is 0. The maximum absolute atomic E-state index is 5.95. The van der Waals surface area contributed by atoms with E-state index in [4.69, 9.17) is 26.7 Å². The Bertz CT molecular complexity index is 1290. The average molecular weight is 561 g/mol. The Morgan fingerprint density at radius 1 is 0.900 bits per heavy atom. The van der Waals surface area contributed by atoms with E-state index >= 15 is 0 Å². The lowest BCUT2D eigenvalue weighted by Crippen LogP contribution is -2.39. The van der Waals surface area contributed by atoms with Gasteiger partial charge in [-0.25, -0.2) is 0 Å². The fourth-order valence-corrected chi connectivity index (χ4v) is 6.72. The molecule has 212 valence electrons. The Morgan fingerprint density at radius 3 is 2.30 bits per heavy atom. The van der Waals surface area contributed by atoms with E-state index in [1.165, 1.54) is 28.3 Å². The molecule has 0 bridgehead atoms. The first-order valence-corrected chi connectivity index (χ1v) is 14.9. The quantitative estimate of drug-likeness (QED) is 0.415. The van der Waals surface area contributed by atoms with Crippen molar-refractivity contribution in [2.75, 3.05) is 70.6 Å². The van der Waals surface area contributed by atoms with E-state index < -0.39 is 0 Å². The van der Waals surface area contributed by atoms with Crippen LogP contribution in [0.1, 0.15) is 41.1 Å². The van der Waals surface area contributed by atoms with E-state index in [1.54, 1.807) is 0 Å². The number of aryl methyl sites for hydroxylation is 1. The van der Waals surface area contributed by atoms with E-state index in [0.29, 0.717) is 0 Å². The zero-order valence-corrected chi connectivity index (χ0v) is 24.4. The van der Waals surface area contributed by atoms with Gasteiger partial charge < -0.3 is 29.2 Å². The Morgan fingerprint density at radius 2 is 1.60 bits per heavy atom. The summed E-state index contributed by atoms with van der Waals surface area (Å²) in [4.78, 5) is 12.0. The molecule has 3 saturated heterocycles. The number of hydrogen-bond acceptors (Lipinski definition) is 6. The van der Waals surface area contributed by atoms with Gasteiger partial charge in [0.1, 0.15) is 0 Å².